The molecule has 2 fully saturated rings. The predicted octanol–water partition coefficient (Wildman–Crippen LogP) is 3.17. The lowest BCUT2D eigenvalue weighted by Crippen LogP contribution is -2.10. The van der Waals surface area contributed by atoms with Gasteiger partial charge in [-0.15, -0.1) is 0 Å². The van der Waals surface area contributed by atoms with Gasteiger partial charge in [-0.25, -0.2) is 0 Å². The molecule has 0 heterocycles. The molecule has 1 aromatic carbocycles. The van der Waals surface area contributed by atoms with Gasteiger partial charge in [0.05, 0.1) is 16.7 Å². The monoisotopic (exact) mass is 238 g/mol. The van der Waals surface area contributed by atoms with Crippen LogP contribution in [0.1, 0.15) is 36.8 Å². The number of aliphatic hydroxyl groups is 1. The molecule has 0 bridgehead atoms. The van der Waals surface area contributed by atoms with Crippen LogP contribution in [0.5, 0.6) is 5.75 Å². The maximum absolute atomic E-state index is 10.2. The number of benzene rings is 1. The van der Waals surface area contributed by atoms with Crippen molar-refractivity contribution >= 4 is 11.6 Å². The van der Waals surface area contributed by atoms with Gasteiger partial charge in [0.2, 0.25) is 0 Å². The zero-order chi connectivity index (χ0) is 11.3. The van der Waals surface area contributed by atoms with Crippen molar-refractivity contribution in [1.29, 1.82) is 0 Å². The van der Waals surface area contributed by atoms with Crippen molar-refractivity contribution in [2.75, 3.05) is 0 Å². The van der Waals surface area contributed by atoms with Gasteiger partial charge in [-0.1, -0.05) is 11.6 Å². The zero-order valence-electron chi connectivity index (χ0n) is 9.29. The molecular weight excluding hydrogens is 224 g/mol. The van der Waals surface area contributed by atoms with E-state index in [4.69, 9.17) is 16.3 Å². The van der Waals surface area contributed by atoms with Gasteiger partial charge in [0.1, 0.15) is 5.75 Å². The molecule has 0 amide bonds. The van der Waals surface area contributed by atoms with E-state index in [0.29, 0.717) is 16.9 Å². The fourth-order valence-corrected chi connectivity index (χ4v) is 2.25. The van der Waals surface area contributed by atoms with Crippen LogP contribution in [0.15, 0.2) is 12.1 Å². The van der Waals surface area contributed by atoms with Gasteiger partial charge in [0.15, 0.2) is 0 Å². The maximum atomic E-state index is 10.2. The highest BCUT2D eigenvalue weighted by atomic mass is 35.5. The van der Waals surface area contributed by atoms with E-state index in [1.54, 1.807) is 0 Å². The molecule has 2 aliphatic rings. The van der Waals surface area contributed by atoms with Crippen molar-refractivity contribution in [3.63, 3.8) is 0 Å². The second-order valence-electron chi connectivity index (χ2n) is 4.97. The van der Waals surface area contributed by atoms with Gasteiger partial charge in [-0.05, 0) is 50.3 Å². The van der Waals surface area contributed by atoms with Crippen LogP contribution in [-0.2, 0) is 5.60 Å². The first-order chi connectivity index (χ1) is 7.58. The summed E-state index contributed by atoms with van der Waals surface area (Å²) in [6, 6.07) is 3.89. The Kier molecular flexibility index (Phi) is 2.20. The van der Waals surface area contributed by atoms with Gasteiger partial charge in [-0.3, -0.25) is 0 Å². The third-order valence-electron chi connectivity index (χ3n) is 3.22. The molecule has 0 aliphatic heterocycles. The Labute approximate surface area is 100 Å². The molecule has 86 valence electrons. The summed E-state index contributed by atoms with van der Waals surface area (Å²) in [5.41, 5.74) is 1.27. The Morgan fingerprint density at radius 1 is 1.38 bits per heavy atom. The van der Waals surface area contributed by atoms with Crippen LogP contribution in [-0.4, -0.2) is 11.2 Å². The number of hydrogen-bond donors (Lipinski definition) is 1. The third-order valence-corrected chi connectivity index (χ3v) is 3.50. The molecule has 0 aromatic heterocycles. The second kappa shape index (κ2) is 3.38. The summed E-state index contributed by atoms with van der Waals surface area (Å²) in [6.45, 7) is 1.99. The van der Waals surface area contributed by atoms with Crippen LogP contribution >= 0.6 is 11.6 Å². The van der Waals surface area contributed by atoms with Gasteiger partial charge < -0.3 is 9.84 Å². The minimum Gasteiger partial charge on any atom is -0.488 e. The first kappa shape index (κ1) is 10.4. The Hall–Kier alpha value is -0.730. The first-order valence-electron chi connectivity index (χ1n) is 5.78. The molecular formula is C13H15ClO2. The number of rotatable bonds is 3. The lowest BCUT2D eigenvalue weighted by Gasteiger charge is -2.17. The van der Waals surface area contributed by atoms with Gasteiger partial charge in [0, 0.05) is 5.56 Å². The number of aryl methyl sites for hydroxylation is 1. The van der Waals surface area contributed by atoms with E-state index < -0.39 is 5.60 Å². The van der Waals surface area contributed by atoms with Crippen molar-refractivity contribution in [3.8, 4) is 5.75 Å². The Morgan fingerprint density at radius 3 is 2.62 bits per heavy atom. The van der Waals surface area contributed by atoms with Crippen molar-refractivity contribution in [2.45, 2.75) is 44.3 Å². The van der Waals surface area contributed by atoms with Crippen LogP contribution in [0.2, 0.25) is 5.02 Å². The molecule has 0 saturated heterocycles. The zero-order valence-corrected chi connectivity index (χ0v) is 10.0. The van der Waals surface area contributed by atoms with Gasteiger partial charge >= 0.3 is 0 Å². The first-order valence-corrected chi connectivity index (χ1v) is 6.16. The van der Waals surface area contributed by atoms with Crippen molar-refractivity contribution < 1.29 is 9.84 Å². The van der Waals surface area contributed by atoms with E-state index in [1.165, 1.54) is 0 Å². The number of hydrogen-bond acceptors (Lipinski definition) is 2. The minimum absolute atomic E-state index is 0.307. The van der Waals surface area contributed by atoms with E-state index in [9.17, 15) is 5.11 Å². The van der Waals surface area contributed by atoms with Crippen molar-refractivity contribution in [2.24, 2.45) is 0 Å². The highest BCUT2D eigenvalue weighted by molar-refractivity contribution is 6.32. The standard InChI is InChI=1S/C13H15ClO2/c1-8-6-10(13(15)4-5-13)12(11(14)7-8)16-9-2-3-9/h6-7,9,15H,2-5H2,1H3. The molecule has 0 unspecified atom stereocenters. The summed E-state index contributed by atoms with van der Waals surface area (Å²) < 4.78 is 5.82. The summed E-state index contributed by atoms with van der Waals surface area (Å²) in [6.07, 6.45) is 4.13. The molecule has 2 saturated carbocycles. The van der Waals surface area contributed by atoms with Crippen LogP contribution in [0, 0.1) is 6.92 Å². The molecule has 0 radical (unpaired) electrons. The summed E-state index contributed by atoms with van der Waals surface area (Å²) in [7, 11) is 0. The predicted molar refractivity (Wildman–Crippen MR) is 63.0 cm³/mol. The number of ether oxygens (including phenoxy) is 1. The Bertz CT molecular complexity index is 434. The third kappa shape index (κ3) is 1.80. The van der Waals surface area contributed by atoms with Crippen molar-refractivity contribution in [3.05, 3.63) is 28.3 Å². The topological polar surface area (TPSA) is 29.5 Å². The summed E-state index contributed by atoms with van der Waals surface area (Å²) in [4.78, 5) is 0. The fourth-order valence-electron chi connectivity index (χ4n) is 1.93. The van der Waals surface area contributed by atoms with E-state index in [2.05, 4.69) is 0 Å². The summed E-state index contributed by atoms with van der Waals surface area (Å²) >= 11 is 6.20. The van der Waals surface area contributed by atoms with Crippen LogP contribution in [0.25, 0.3) is 0 Å². The van der Waals surface area contributed by atoms with E-state index in [-0.39, 0.29) is 0 Å². The van der Waals surface area contributed by atoms with E-state index in [1.807, 2.05) is 19.1 Å². The minimum atomic E-state index is -0.681. The fraction of sp³-hybridized carbons (Fsp3) is 0.538. The number of halogens is 1. The van der Waals surface area contributed by atoms with Crippen LogP contribution in [0.4, 0.5) is 0 Å². The average molecular weight is 239 g/mol. The molecule has 2 nitrogen and oxygen atoms in total. The molecule has 1 aromatic rings. The molecule has 0 atom stereocenters. The molecule has 3 heteroatoms. The second-order valence-corrected chi connectivity index (χ2v) is 5.38. The summed E-state index contributed by atoms with van der Waals surface area (Å²) in [5, 5.41) is 10.9. The highest BCUT2D eigenvalue weighted by Gasteiger charge is 2.45. The lowest BCUT2D eigenvalue weighted by atomic mass is 10.0. The van der Waals surface area contributed by atoms with Gasteiger partial charge in [-0.2, -0.15) is 0 Å². The summed E-state index contributed by atoms with van der Waals surface area (Å²) in [5.74, 6) is 0.703. The van der Waals surface area contributed by atoms with E-state index in [0.717, 1.165) is 36.8 Å². The van der Waals surface area contributed by atoms with Crippen molar-refractivity contribution in [1.82, 2.24) is 0 Å². The van der Waals surface area contributed by atoms with Gasteiger partial charge in [0.25, 0.3) is 0 Å². The molecule has 16 heavy (non-hydrogen) atoms. The average Bonchev–Trinajstić information content (AvgIpc) is 3.08. The Balaban J connectivity index is 2.04. The Morgan fingerprint density at radius 2 is 2.06 bits per heavy atom. The molecule has 1 N–H and O–H groups in total. The molecule has 0 spiro atoms. The van der Waals surface area contributed by atoms with Crippen LogP contribution in [0.3, 0.4) is 0 Å². The lowest BCUT2D eigenvalue weighted by molar-refractivity contribution is 0.145. The quantitative estimate of drug-likeness (QED) is 0.877. The molecule has 2 aliphatic carbocycles. The largest absolute Gasteiger partial charge is 0.488 e. The SMILES string of the molecule is Cc1cc(Cl)c(OC2CC2)c(C2(O)CC2)c1. The van der Waals surface area contributed by atoms with Crippen LogP contribution < -0.4 is 4.74 Å². The highest BCUT2D eigenvalue weighted by Crippen LogP contribution is 2.51. The smallest absolute Gasteiger partial charge is 0.144 e. The maximum Gasteiger partial charge on any atom is 0.144 e. The molecule has 3 rings (SSSR count). The van der Waals surface area contributed by atoms with E-state index >= 15 is 0 Å². The normalized spacial score (nSPS) is 21.9.